The fourth-order valence-corrected chi connectivity index (χ4v) is 2.45. The zero-order valence-corrected chi connectivity index (χ0v) is 12.5. The average molecular weight is 290 g/mol. The molecule has 2 aromatic carbocycles. The number of nitrogens with zero attached hydrogens (tertiary/aromatic N) is 1. The summed E-state index contributed by atoms with van der Waals surface area (Å²) in [6, 6.07) is 11.2. The van der Waals surface area contributed by atoms with Gasteiger partial charge < -0.3 is 10.2 Å². The van der Waals surface area contributed by atoms with Gasteiger partial charge in [-0.15, -0.1) is 0 Å². The molecule has 112 valence electrons. The molecule has 0 saturated carbocycles. The van der Waals surface area contributed by atoms with Crippen LogP contribution in [0.3, 0.4) is 0 Å². The largest absolute Gasteiger partial charge is 0.341 e. The van der Waals surface area contributed by atoms with E-state index in [1.807, 2.05) is 24.8 Å². The first-order valence-corrected chi connectivity index (χ1v) is 7.07. The van der Waals surface area contributed by atoms with Crippen LogP contribution in [0.4, 0.5) is 20.2 Å². The molecule has 0 aromatic heterocycles. The number of nitrogens with one attached hydrogen (secondary N) is 1. The van der Waals surface area contributed by atoms with E-state index >= 15 is 0 Å². The Labute approximate surface area is 124 Å². The molecule has 0 spiro atoms. The molecule has 4 heteroatoms. The van der Waals surface area contributed by atoms with Crippen LogP contribution in [0.2, 0.25) is 0 Å². The lowest BCUT2D eigenvalue weighted by molar-refractivity contribution is 0.561. The molecule has 0 fully saturated rings. The number of rotatable bonds is 5. The first-order chi connectivity index (χ1) is 10.1. The zero-order chi connectivity index (χ0) is 15.4. The quantitative estimate of drug-likeness (QED) is 0.878. The van der Waals surface area contributed by atoms with Crippen LogP contribution in [0.15, 0.2) is 42.5 Å². The summed E-state index contributed by atoms with van der Waals surface area (Å²) in [7, 11) is 1.80. The fourth-order valence-electron chi connectivity index (χ4n) is 2.45. The Morgan fingerprint density at radius 2 is 1.76 bits per heavy atom. The summed E-state index contributed by atoms with van der Waals surface area (Å²) < 4.78 is 27.3. The third-order valence-corrected chi connectivity index (χ3v) is 3.64. The Bertz CT molecular complexity index is 596. The van der Waals surface area contributed by atoms with Gasteiger partial charge in [-0.2, -0.15) is 0 Å². The number of hydrogen-bond acceptors (Lipinski definition) is 2. The standard InChI is InChI=1S/C17H20F2N2/c1-4-21(14-10-8-13(18)9-11-14)16-7-5-6-15(19)17(16)12(2)20-3/h5-12,20H,4H2,1-3H3. The molecule has 2 rings (SSSR count). The normalized spacial score (nSPS) is 12.2. The van der Waals surface area contributed by atoms with Gasteiger partial charge >= 0.3 is 0 Å². The van der Waals surface area contributed by atoms with Gasteiger partial charge in [0.25, 0.3) is 0 Å². The molecule has 0 heterocycles. The van der Waals surface area contributed by atoms with Gasteiger partial charge in [0.05, 0.1) is 0 Å². The molecule has 0 aliphatic heterocycles. The van der Waals surface area contributed by atoms with Crippen LogP contribution in [-0.4, -0.2) is 13.6 Å². The highest BCUT2D eigenvalue weighted by Gasteiger charge is 2.19. The number of anilines is 2. The van der Waals surface area contributed by atoms with Crippen LogP contribution >= 0.6 is 0 Å². The van der Waals surface area contributed by atoms with Crippen molar-refractivity contribution >= 4 is 11.4 Å². The van der Waals surface area contributed by atoms with Gasteiger partial charge in [-0.25, -0.2) is 8.78 Å². The first-order valence-electron chi connectivity index (χ1n) is 7.07. The van der Waals surface area contributed by atoms with Crippen LogP contribution in [-0.2, 0) is 0 Å². The molecule has 1 atom stereocenters. The molecule has 0 amide bonds. The molecule has 2 nitrogen and oxygen atoms in total. The summed E-state index contributed by atoms with van der Waals surface area (Å²) in [4.78, 5) is 1.98. The summed E-state index contributed by atoms with van der Waals surface area (Å²) >= 11 is 0. The van der Waals surface area contributed by atoms with Gasteiger partial charge in [0.15, 0.2) is 0 Å². The minimum atomic E-state index is -0.280. The smallest absolute Gasteiger partial charge is 0.130 e. The van der Waals surface area contributed by atoms with Gasteiger partial charge in [-0.05, 0) is 57.3 Å². The van der Waals surface area contributed by atoms with Crippen molar-refractivity contribution in [1.82, 2.24) is 5.32 Å². The summed E-state index contributed by atoms with van der Waals surface area (Å²) in [5, 5.41) is 3.08. The topological polar surface area (TPSA) is 15.3 Å². The van der Waals surface area contributed by atoms with E-state index in [1.165, 1.54) is 18.2 Å². The predicted octanol–water partition coefficient (Wildman–Crippen LogP) is 4.40. The third kappa shape index (κ3) is 3.22. The van der Waals surface area contributed by atoms with Crippen molar-refractivity contribution in [1.29, 1.82) is 0 Å². The van der Waals surface area contributed by atoms with Crippen LogP contribution in [0.25, 0.3) is 0 Å². The monoisotopic (exact) mass is 290 g/mol. The minimum Gasteiger partial charge on any atom is -0.341 e. The maximum absolute atomic E-state index is 14.2. The van der Waals surface area contributed by atoms with Gasteiger partial charge in [0, 0.05) is 29.5 Å². The maximum atomic E-state index is 14.2. The van der Waals surface area contributed by atoms with E-state index in [0.717, 1.165) is 11.4 Å². The Morgan fingerprint density at radius 1 is 1.10 bits per heavy atom. The maximum Gasteiger partial charge on any atom is 0.130 e. The van der Waals surface area contributed by atoms with E-state index < -0.39 is 0 Å². The molecule has 0 radical (unpaired) electrons. The molecule has 21 heavy (non-hydrogen) atoms. The lowest BCUT2D eigenvalue weighted by atomic mass is 10.0. The second kappa shape index (κ2) is 6.68. The third-order valence-electron chi connectivity index (χ3n) is 3.64. The highest BCUT2D eigenvalue weighted by molar-refractivity contribution is 5.67. The van der Waals surface area contributed by atoms with Crippen molar-refractivity contribution in [3.05, 3.63) is 59.7 Å². The zero-order valence-electron chi connectivity index (χ0n) is 12.5. The lowest BCUT2D eigenvalue weighted by Crippen LogP contribution is -2.22. The van der Waals surface area contributed by atoms with Gasteiger partial charge in [-0.3, -0.25) is 0 Å². The molecule has 1 unspecified atom stereocenters. The Hall–Kier alpha value is -1.94. The van der Waals surface area contributed by atoms with Crippen molar-refractivity contribution < 1.29 is 8.78 Å². The van der Waals surface area contributed by atoms with Crippen molar-refractivity contribution in [3.63, 3.8) is 0 Å². The van der Waals surface area contributed by atoms with Crippen LogP contribution in [0.1, 0.15) is 25.5 Å². The van der Waals surface area contributed by atoms with E-state index in [0.29, 0.717) is 12.1 Å². The van der Waals surface area contributed by atoms with E-state index in [-0.39, 0.29) is 17.7 Å². The molecular formula is C17H20F2N2. The Balaban J connectivity index is 2.52. The van der Waals surface area contributed by atoms with Crippen LogP contribution in [0, 0.1) is 11.6 Å². The summed E-state index contributed by atoms with van der Waals surface area (Å²) in [5.74, 6) is -0.521. The van der Waals surface area contributed by atoms with Crippen molar-refractivity contribution in [2.45, 2.75) is 19.9 Å². The predicted molar refractivity (Wildman–Crippen MR) is 83.0 cm³/mol. The SMILES string of the molecule is CCN(c1ccc(F)cc1)c1cccc(F)c1C(C)NC. The van der Waals surface area contributed by atoms with Crippen molar-refractivity contribution in [3.8, 4) is 0 Å². The number of benzene rings is 2. The van der Waals surface area contributed by atoms with Gasteiger partial charge in [-0.1, -0.05) is 6.07 Å². The molecular weight excluding hydrogens is 270 g/mol. The minimum absolute atomic E-state index is 0.115. The molecule has 0 saturated heterocycles. The Morgan fingerprint density at radius 3 is 2.33 bits per heavy atom. The molecule has 2 aromatic rings. The molecule has 0 bridgehead atoms. The van der Waals surface area contributed by atoms with E-state index in [9.17, 15) is 8.78 Å². The Kier molecular flexibility index (Phi) is 4.91. The van der Waals surface area contributed by atoms with Crippen molar-refractivity contribution in [2.24, 2.45) is 0 Å². The summed E-state index contributed by atoms with van der Waals surface area (Å²) in [6.45, 7) is 4.57. The second-order valence-corrected chi connectivity index (χ2v) is 4.90. The highest BCUT2D eigenvalue weighted by Crippen LogP contribution is 2.33. The fraction of sp³-hybridized carbons (Fsp3) is 0.294. The van der Waals surface area contributed by atoms with Crippen LogP contribution < -0.4 is 10.2 Å². The highest BCUT2D eigenvalue weighted by atomic mass is 19.1. The second-order valence-electron chi connectivity index (χ2n) is 4.90. The molecule has 0 aliphatic rings. The van der Waals surface area contributed by atoms with E-state index in [1.54, 1.807) is 25.2 Å². The summed E-state index contributed by atoms with van der Waals surface area (Å²) in [6.07, 6.45) is 0. The average Bonchev–Trinajstić information content (AvgIpc) is 2.49. The van der Waals surface area contributed by atoms with Crippen LogP contribution in [0.5, 0.6) is 0 Å². The van der Waals surface area contributed by atoms with Gasteiger partial charge in [0.1, 0.15) is 11.6 Å². The summed E-state index contributed by atoms with van der Waals surface area (Å²) in [5.41, 5.74) is 2.26. The molecule has 0 aliphatic carbocycles. The lowest BCUT2D eigenvalue weighted by Gasteiger charge is -2.28. The molecule has 1 N–H and O–H groups in total. The first kappa shape index (κ1) is 15.4. The van der Waals surface area contributed by atoms with Gasteiger partial charge in [0.2, 0.25) is 0 Å². The number of hydrogen-bond donors (Lipinski definition) is 1. The van der Waals surface area contributed by atoms with Crippen molar-refractivity contribution in [2.75, 3.05) is 18.5 Å². The van der Waals surface area contributed by atoms with E-state index in [2.05, 4.69) is 5.32 Å². The van der Waals surface area contributed by atoms with E-state index in [4.69, 9.17) is 0 Å². The number of halogens is 2.